The van der Waals surface area contributed by atoms with E-state index >= 15 is 0 Å². The van der Waals surface area contributed by atoms with Crippen molar-refractivity contribution in [2.45, 2.75) is 31.7 Å². The molecule has 0 fully saturated rings. The Morgan fingerprint density at radius 2 is 2.20 bits per heavy atom. The lowest BCUT2D eigenvalue weighted by Crippen LogP contribution is -2.06. The average molecular weight is 315 g/mol. The van der Waals surface area contributed by atoms with Crippen LogP contribution in [-0.4, -0.2) is 38.6 Å². The molecule has 0 N–H and O–H groups in total. The lowest BCUT2D eigenvalue weighted by atomic mass is 10.3. The summed E-state index contributed by atoms with van der Waals surface area (Å²) in [5.41, 5.74) is 1.48. The van der Waals surface area contributed by atoms with Crippen LogP contribution in [0.2, 0.25) is 0 Å². The highest BCUT2D eigenvalue weighted by atomic mass is 35.5. The third-order valence-corrected chi connectivity index (χ3v) is 3.95. The summed E-state index contributed by atoms with van der Waals surface area (Å²) in [5.74, 6) is 2.48. The molecule has 0 bridgehead atoms. The summed E-state index contributed by atoms with van der Waals surface area (Å²) in [7, 11) is 1.59. The highest BCUT2D eigenvalue weighted by Crippen LogP contribution is 2.27. The van der Waals surface area contributed by atoms with Crippen LogP contribution < -0.4 is 4.74 Å². The van der Waals surface area contributed by atoms with Crippen LogP contribution in [0.5, 0.6) is 5.88 Å². The molecule has 110 valence electrons. The van der Waals surface area contributed by atoms with Crippen LogP contribution in [0.25, 0.3) is 11.2 Å². The molecule has 2 rings (SSSR count). The van der Waals surface area contributed by atoms with Crippen molar-refractivity contribution < 1.29 is 4.74 Å². The number of fused-ring (bicyclic) bond motifs is 1. The highest BCUT2D eigenvalue weighted by molar-refractivity contribution is 7.98. The molecule has 0 radical (unpaired) electrons. The van der Waals surface area contributed by atoms with Crippen LogP contribution in [0.3, 0.4) is 0 Å². The van der Waals surface area contributed by atoms with Crippen LogP contribution in [0, 0.1) is 0 Å². The third-order valence-electron chi connectivity index (χ3n) is 3.06. The second kappa shape index (κ2) is 7.13. The number of unbranched alkanes of at least 4 members (excludes halogenated alkanes) is 1. The molecule has 0 saturated carbocycles. The number of thioether (sulfide) groups is 1. The van der Waals surface area contributed by atoms with Crippen molar-refractivity contribution in [1.82, 2.24) is 19.5 Å². The maximum Gasteiger partial charge on any atom is 0.245 e. The summed E-state index contributed by atoms with van der Waals surface area (Å²) in [6, 6.07) is 0. The first-order valence-corrected chi connectivity index (χ1v) is 8.40. The molecule has 5 nitrogen and oxygen atoms in total. The van der Waals surface area contributed by atoms with Crippen LogP contribution in [0.4, 0.5) is 0 Å². The molecule has 0 amide bonds. The first-order chi connectivity index (χ1) is 9.69. The summed E-state index contributed by atoms with van der Waals surface area (Å²) < 4.78 is 7.33. The number of alkyl halides is 1. The van der Waals surface area contributed by atoms with Crippen molar-refractivity contribution in [3.05, 3.63) is 12.2 Å². The molecule has 1 unspecified atom stereocenters. The Labute approximate surface area is 128 Å². The van der Waals surface area contributed by atoms with Gasteiger partial charge in [0.25, 0.3) is 0 Å². The van der Waals surface area contributed by atoms with Gasteiger partial charge < -0.3 is 9.30 Å². The van der Waals surface area contributed by atoms with Crippen molar-refractivity contribution in [2.24, 2.45) is 0 Å². The van der Waals surface area contributed by atoms with Gasteiger partial charge in [-0.05, 0) is 31.8 Å². The minimum absolute atomic E-state index is 0.172. The number of imidazole rings is 1. The fraction of sp³-hybridized carbons (Fsp3) is 0.615. The predicted octanol–water partition coefficient (Wildman–Crippen LogP) is 3.28. The summed E-state index contributed by atoms with van der Waals surface area (Å²) in [5, 5.41) is -0.172. The van der Waals surface area contributed by atoms with Gasteiger partial charge in [0.2, 0.25) is 5.88 Å². The van der Waals surface area contributed by atoms with Crippen LogP contribution >= 0.6 is 23.4 Å². The number of aromatic nitrogens is 4. The highest BCUT2D eigenvalue weighted by Gasteiger charge is 2.18. The fourth-order valence-corrected chi connectivity index (χ4v) is 2.78. The Kier molecular flexibility index (Phi) is 5.48. The molecule has 20 heavy (non-hydrogen) atoms. The zero-order valence-electron chi connectivity index (χ0n) is 12.0. The van der Waals surface area contributed by atoms with Crippen molar-refractivity contribution in [3.63, 3.8) is 0 Å². The third kappa shape index (κ3) is 3.17. The van der Waals surface area contributed by atoms with E-state index in [0.29, 0.717) is 11.4 Å². The van der Waals surface area contributed by atoms with E-state index in [-0.39, 0.29) is 5.38 Å². The smallest absolute Gasteiger partial charge is 0.245 e. The first kappa shape index (κ1) is 15.4. The Morgan fingerprint density at radius 1 is 1.40 bits per heavy atom. The van der Waals surface area contributed by atoms with Crippen molar-refractivity contribution in [3.8, 4) is 5.88 Å². The van der Waals surface area contributed by atoms with Gasteiger partial charge in [-0.2, -0.15) is 16.7 Å². The number of hydrogen-bond acceptors (Lipinski definition) is 5. The Balaban J connectivity index is 2.36. The van der Waals surface area contributed by atoms with Gasteiger partial charge in [0, 0.05) is 6.54 Å². The van der Waals surface area contributed by atoms with E-state index in [2.05, 4.69) is 25.8 Å². The van der Waals surface area contributed by atoms with E-state index < -0.39 is 0 Å². The zero-order valence-corrected chi connectivity index (χ0v) is 13.5. The minimum atomic E-state index is -0.172. The topological polar surface area (TPSA) is 52.8 Å². The number of rotatable bonds is 7. The summed E-state index contributed by atoms with van der Waals surface area (Å²) in [4.78, 5) is 13.0. The summed E-state index contributed by atoms with van der Waals surface area (Å²) in [6.07, 6.45) is 5.87. The fourth-order valence-electron chi connectivity index (χ4n) is 2.12. The molecule has 2 aromatic rings. The van der Waals surface area contributed by atoms with Crippen LogP contribution in [0.1, 0.15) is 31.0 Å². The van der Waals surface area contributed by atoms with Crippen molar-refractivity contribution >= 4 is 34.5 Å². The van der Waals surface area contributed by atoms with Gasteiger partial charge >= 0.3 is 0 Å². The largest absolute Gasteiger partial charge is 0.479 e. The van der Waals surface area contributed by atoms with E-state index in [0.717, 1.165) is 30.2 Å². The van der Waals surface area contributed by atoms with E-state index in [4.69, 9.17) is 16.3 Å². The maximum absolute atomic E-state index is 6.24. The Bertz CT molecular complexity index is 573. The second-order valence-corrected chi connectivity index (χ2v) is 6.13. The van der Waals surface area contributed by atoms with Gasteiger partial charge in [-0.1, -0.05) is 0 Å². The summed E-state index contributed by atoms with van der Waals surface area (Å²) in [6.45, 7) is 2.78. The van der Waals surface area contributed by atoms with Gasteiger partial charge in [-0.25, -0.2) is 9.97 Å². The monoisotopic (exact) mass is 314 g/mol. The molecule has 0 aromatic carbocycles. The molecular formula is C13H19ClN4OS. The molecule has 7 heteroatoms. The Morgan fingerprint density at radius 3 is 2.85 bits per heavy atom. The van der Waals surface area contributed by atoms with E-state index in [9.17, 15) is 0 Å². The number of hydrogen-bond donors (Lipinski definition) is 0. The molecule has 0 aliphatic rings. The molecule has 2 heterocycles. The molecular weight excluding hydrogens is 296 g/mol. The van der Waals surface area contributed by atoms with Gasteiger partial charge in [0.05, 0.1) is 12.5 Å². The zero-order chi connectivity index (χ0) is 14.5. The SMILES string of the molecule is COc1ncnc2c1nc(C(C)Cl)n2CCCCSC. The lowest BCUT2D eigenvalue weighted by Gasteiger charge is -2.09. The maximum atomic E-state index is 6.24. The minimum Gasteiger partial charge on any atom is -0.479 e. The molecule has 0 saturated heterocycles. The number of halogens is 1. The van der Waals surface area contributed by atoms with E-state index in [1.165, 1.54) is 12.7 Å². The van der Waals surface area contributed by atoms with Gasteiger partial charge in [-0.3, -0.25) is 0 Å². The first-order valence-electron chi connectivity index (χ1n) is 6.57. The van der Waals surface area contributed by atoms with Gasteiger partial charge in [0.1, 0.15) is 12.2 Å². The molecule has 0 aliphatic heterocycles. The molecule has 0 spiro atoms. The predicted molar refractivity (Wildman–Crippen MR) is 83.8 cm³/mol. The molecule has 1 atom stereocenters. The van der Waals surface area contributed by atoms with Crippen LogP contribution in [0.15, 0.2) is 6.33 Å². The van der Waals surface area contributed by atoms with Crippen molar-refractivity contribution in [1.29, 1.82) is 0 Å². The van der Waals surface area contributed by atoms with Gasteiger partial charge in [0.15, 0.2) is 11.2 Å². The average Bonchev–Trinajstić information content (AvgIpc) is 2.82. The van der Waals surface area contributed by atoms with E-state index in [1.807, 2.05) is 18.7 Å². The van der Waals surface area contributed by atoms with Gasteiger partial charge in [-0.15, -0.1) is 11.6 Å². The number of aryl methyl sites for hydroxylation is 1. The normalized spacial score (nSPS) is 12.8. The molecule has 2 aromatic heterocycles. The molecule has 0 aliphatic carbocycles. The number of ether oxygens (including phenoxy) is 1. The van der Waals surface area contributed by atoms with Crippen molar-refractivity contribution in [2.75, 3.05) is 19.1 Å². The number of nitrogens with zero attached hydrogens (tertiary/aromatic N) is 4. The Hall–Kier alpha value is -1.01. The second-order valence-electron chi connectivity index (χ2n) is 4.49. The van der Waals surface area contributed by atoms with Crippen LogP contribution in [-0.2, 0) is 6.54 Å². The quantitative estimate of drug-likeness (QED) is 0.580. The number of methoxy groups -OCH3 is 1. The lowest BCUT2D eigenvalue weighted by molar-refractivity contribution is 0.401. The van der Waals surface area contributed by atoms with E-state index in [1.54, 1.807) is 7.11 Å². The summed E-state index contributed by atoms with van der Waals surface area (Å²) >= 11 is 8.10. The standard InChI is InChI=1S/C13H19ClN4OS/c1-9(14)11-17-10-12(15-8-16-13(10)19-2)18(11)6-4-5-7-20-3/h8-9H,4-7H2,1-3H3.